The molecule has 4 nitrogen and oxygen atoms in total. The number of hydrogen-bond acceptors (Lipinski definition) is 3. The molecule has 1 aliphatic heterocycles. The molecule has 1 aliphatic rings. The summed E-state index contributed by atoms with van der Waals surface area (Å²) in [4.78, 5) is 11.5. The van der Waals surface area contributed by atoms with Gasteiger partial charge in [-0.05, 0) is 26.0 Å². The Bertz CT molecular complexity index is 719. The highest BCUT2D eigenvalue weighted by molar-refractivity contribution is 5.48. The van der Waals surface area contributed by atoms with Crippen molar-refractivity contribution in [3.05, 3.63) is 58.5 Å². The first kappa shape index (κ1) is 13.7. The maximum Gasteiger partial charge on any atom is 0.250 e. The van der Waals surface area contributed by atoms with Crippen LogP contribution in [0.5, 0.6) is 5.75 Å². The second-order valence-electron chi connectivity index (χ2n) is 6.17. The third-order valence-corrected chi connectivity index (χ3v) is 3.80. The molecule has 2 aromatic rings. The van der Waals surface area contributed by atoms with Crippen molar-refractivity contribution in [3.63, 3.8) is 0 Å². The fourth-order valence-electron chi connectivity index (χ4n) is 2.81. The third-order valence-electron chi connectivity index (χ3n) is 3.80. The highest BCUT2D eigenvalue weighted by Crippen LogP contribution is 2.40. The molecule has 0 aliphatic carbocycles. The van der Waals surface area contributed by atoms with Gasteiger partial charge in [-0.1, -0.05) is 18.2 Å². The Balaban J connectivity index is 1.94. The standard InChI is InChI=1S/C17H20N2O2/c1-17(2)10-14(13-6-4-5-7-15(13)21-17)18-12-8-9-16(20)19(3)11-12/h4-9,11,14,18H,10H2,1-3H3. The van der Waals surface area contributed by atoms with Gasteiger partial charge in [0.05, 0.1) is 11.7 Å². The first-order chi connectivity index (χ1) is 9.94. The molecule has 0 bridgehead atoms. The number of fused-ring (bicyclic) bond motifs is 1. The van der Waals surface area contributed by atoms with Crippen LogP contribution in [0.25, 0.3) is 0 Å². The van der Waals surface area contributed by atoms with Crippen LogP contribution < -0.4 is 15.6 Å². The minimum absolute atomic E-state index is 0.00624. The van der Waals surface area contributed by atoms with Gasteiger partial charge in [0.2, 0.25) is 5.56 Å². The number of aryl methyl sites for hydroxylation is 1. The van der Waals surface area contributed by atoms with E-state index >= 15 is 0 Å². The van der Waals surface area contributed by atoms with E-state index in [1.54, 1.807) is 17.7 Å². The number of benzene rings is 1. The lowest BCUT2D eigenvalue weighted by molar-refractivity contribution is 0.0759. The first-order valence-corrected chi connectivity index (χ1v) is 7.16. The topological polar surface area (TPSA) is 43.3 Å². The molecule has 0 saturated heterocycles. The van der Waals surface area contributed by atoms with Crippen molar-refractivity contribution in [3.8, 4) is 5.75 Å². The van der Waals surface area contributed by atoms with Crippen molar-refractivity contribution < 1.29 is 4.74 Å². The second kappa shape index (κ2) is 4.95. The minimum Gasteiger partial charge on any atom is -0.487 e. The van der Waals surface area contributed by atoms with E-state index in [1.165, 1.54) is 0 Å². The van der Waals surface area contributed by atoms with E-state index < -0.39 is 0 Å². The lowest BCUT2D eigenvalue weighted by Gasteiger charge is -2.38. The molecule has 1 aromatic heterocycles. The summed E-state index contributed by atoms with van der Waals surface area (Å²) in [6.45, 7) is 4.19. The zero-order valence-electron chi connectivity index (χ0n) is 12.6. The molecule has 1 unspecified atom stereocenters. The molecule has 21 heavy (non-hydrogen) atoms. The molecule has 2 heterocycles. The van der Waals surface area contributed by atoms with Gasteiger partial charge in [-0.2, -0.15) is 0 Å². The van der Waals surface area contributed by atoms with Gasteiger partial charge in [0.25, 0.3) is 0 Å². The Hall–Kier alpha value is -2.23. The fraction of sp³-hybridized carbons (Fsp3) is 0.353. The van der Waals surface area contributed by atoms with Crippen molar-refractivity contribution in [2.24, 2.45) is 7.05 Å². The molecular weight excluding hydrogens is 264 g/mol. The number of rotatable bonds is 2. The van der Waals surface area contributed by atoms with Gasteiger partial charge in [0, 0.05) is 31.3 Å². The van der Waals surface area contributed by atoms with Crippen LogP contribution in [-0.4, -0.2) is 10.2 Å². The summed E-state index contributed by atoms with van der Waals surface area (Å²) >= 11 is 0. The molecule has 0 fully saturated rings. The van der Waals surface area contributed by atoms with Gasteiger partial charge in [-0.3, -0.25) is 4.79 Å². The van der Waals surface area contributed by atoms with Crippen LogP contribution in [0.1, 0.15) is 31.9 Å². The van der Waals surface area contributed by atoms with Crippen molar-refractivity contribution in [2.75, 3.05) is 5.32 Å². The maximum atomic E-state index is 11.5. The predicted octanol–water partition coefficient (Wildman–Crippen LogP) is 3.10. The zero-order chi connectivity index (χ0) is 15.0. The molecule has 1 N–H and O–H groups in total. The Morgan fingerprint density at radius 2 is 2.00 bits per heavy atom. The summed E-state index contributed by atoms with van der Waals surface area (Å²) < 4.78 is 7.62. The summed E-state index contributed by atoms with van der Waals surface area (Å²) in [5, 5.41) is 3.52. The smallest absolute Gasteiger partial charge is 0.250 e. The lowest BCUT2D eigenvalue weighted by atomic mass is 9.89. The molecule has 0 radical (unpaired) electrons. The van der Waals surface area contributed by atoms with Crippen LogP contribution in [0, 0.1) is 0 Å². The number of para-hydroxylation sites is 1. The molecule has 0 spiro atoms. The molecule has 1 aromatic carbocycles. The van der Waals surface area contributed by atoms with Gasteiger partial charge < -0.3 is 14.6 Å². The molecule has 3 rings (SSSR count). The first-order valence-electron chi connectivity index (χ1n) is 7.16. The van der Waals surface area contributed by atoms with Crippen molar-refractivity contribution in [1.29, 1.82) is 0 Å². The number of ether oxygens (including phenoxy) is 1. The summed E-state index contributed by atoms with van der Waals surface area (Å²) in [6.07, 6.45) is 2.69. The average molecular weight is 284 g/mol. The fourth-order valence-corrected chi connectivity index (χ4v) is 2.81. The van der Waals surface area contributed by atoms with Gasteiger partial charge in [0.1, 0.15) is 11.4 Å². The zero-order valence-corrected chi connectivity index (χ0v) is 12.6. The molecule has 4 heteroatoms. The molecule has 1 atom stereocenters. The predicted molar refractivity (Wildman–Crippen MR) is 83.8 cm³/mol. The second-order valence-corrected chi connectivity index (χ2v) is 6.17. The number of nitrogens with zero attached hydrogens (tertiary/aromatic N) is 1. The van der Waals surface area contributed by atoms with E-state index in [2.05, 4.69) is 25.2 Å². The van der Waals surface area contributed by atoms with E-state index in [-0.39, 0.29) is 17.2 Å². The summed E-state index contributed by atoms with van der Waals surface area (Å²) in [7, 11) is 1.76. The number of aromatic nitrogens is 1. The highest BCUT2D eigenvalue weighted by atomic mass is 16.5. The largest absolute Gasteiger partial charge is 0.487 e. The van der Waals surface area contributed by atoms with E-state index in [4.69, 9.17) is 4.74 Å². The van der Waals surface area contributed by atoms with E-state index in [0.717, 1.165) is 23.4 Å². The van der Waals surface area contributed by atoms with Crippen molar-refractivity contribution >= 4 is 5.69 Å². The Kier molecular flexibility index (Phi) is 3.24. The van der Waals surface area contributed by atoms with E-state index in [9.17, 15) is 4.79 Å². The van der Waals surface area contributed by atoms with Crippen LogP contribution >= 0.6 is 0 Å². The summed E-state index contributed by atoms with van der Waals surface area (Å²) in [5.74, 6) is 0.927. The van der Waals surface area contributed by atoms with Crippen LogP contribution in [0.2, 0.25) is 0 Å². The summed E-state index contributed by atoms with van der Waals surface area (Å²) in [6, 6.07) is 11.7. The monoisotopic (exact) mass is 284 g/mol. The number of anilines is 1. The van der Waals surface area contributed by atoms with Crippen LogP contribution in [-0.2, 0) is 7.05 Å². The minimum atomic E-state index is -0.216. The highest BCUT2D eigenvalue weighted by Gasteiger charge is 2.33. The Morgan fingerprint density at radius 1 is 1.24 bits per heavy atom. The van der Waals surface area contributed by atoms with Crippen molar-refractivity contribution in [2.45, 2.75) is 31.9 Å². The Morgan fingerprint density at radius 3 is 2.76 bits per heavy atom. The number of nitrogens with one attached hydrogen (secondary N) is 1. The normalized spacial score (nSPS) is 19.5. The quantitative estimate of drug-likeness (QED) is 0.921. The number of hydrogen-bond donors (Lipinski definition) is 1. The number of pyridine rings is 1. The lowest BCUT2D eigenvalue weighted by Crippen LogP contribution is -2.37. The van der Waals surface area contributed by atoms with Crippen LogP contribution in [0.15, 0.2) is 47.4 Å². The van der Waals surface area contributed by atoms with Gasteiger partial charge in [-0.15, -0.1) is 0 Å². The molecular formula is C17H20N2O2. The Labute approximate surface area is 124 Å². The third kappa shape index (κ3) is 2.79. The van der Waals surface area contributed by atoms with Crippen LogP contribution in [0.4, 0.5) is 5.69 Å². The van der Waals surface area contributed by atoms with Gasteiger partial charge in [-0.25, -0.2) is 0 Å². The average Bonchev–Trinajstić information content (AvgIpc) is 2.42. The van der Waals surface area contributed by atoms with Crippen LogP contribution in [0.3, 0.4) is 0 Å². The van der Waals surface area contributed by atoms with E-state index in [1.807, 2.05) is 30.5 Å². The van der Waals surface area contributed by atoms with E-state index in [0.29, 0.717) is 0 Å². The molecule has 0 saturated carbocycles. The molecule has 0 amide bonds. The van der Waals surface area contributed by atoms with Gasteiger partial charge in [0.15, 0.2) is 0 Å². The van der Waals surface area contributed by atoms with Crippen molar-refractivity contribution in [1.82, 2.24) is 4.57 Å². The van der Waals surface area contributed by atoms with Gasteiger partial charge >= 0.3 is 0 Å². The summed E-state index contributed by atoms with van der Waals surface area (Å²) in [5.41, 5.74) is 1.88. The maximum absolute atomic E-state index is 11.5. The molecule has 110 valence electrons. The SMILES string of the molecule is Cn1cc(NC2CC(C)(C)Oc3ccccc32)ccc1=O.